The quantitative estimate of drug-likeness (QED) is 0.422. The van der Waals surface area contributed by atoms with Gasteiger partial charge < -0.3 is 9.64 Å². The maximum absolute atomic E-state index is 12.1. The largest absolute Gasteiger partial charge is 0.378 e. The number of hydrogen-bond donors (Lipinski definition) is 1. The van der Waals surface area contributed by atoms with Crippen molar-refractivity contribution in [1.29, 1.82) is 0 Å². The molecule has 190 valence electrons. The van der Waals surface area contributed by atoms with Crippen LogP contribution in [0, 0.1) is 0 Å². The van der Waals surface area contributed by atoms with Crippen molar-refractivity contribution in [3.05, 3.63) is 35.3 Å². The molecule has 5 heterocycles. The third kappa shape index (κ3) is 4.48. The molecule has 2 fully saturated rings. The summed E-state index contributed by atoms with van der Waals surface area (Å²) in [6, 6.07) is 8.15. The standard InChI is InChI=1S/C24H29N7O3S2/c1-16-14-29(6-7-31(16)36(2,32)33)15-17-12-21-22(35-17)24(30-8-10-34-11-9-30)27-23(26-21)18-4-3-5-20-19(18)13-25-28-20/h3-5,12-13,16H,6-11,14-15H2,1-2H3,(H,25,28)/t16-/m1/s1. The lowest BCUT2D eigenvalue weighted by Crippen LogP contribution is -2.53. The van der Waals surface area contributed by atoms with Gasteiger partial charge in [-0.15, -0.1) is 11.3 Å². The second-order valence-corrected chi connectivity index (χ2v) is 12.6. The SMILES string of the molecule is C[C@@H]1CN(Cc2cc3nc(-c4cccc5[nH]ncc45)nc(N4CCOCC4)c3s2)CCN1S(C)(=O)=O. The molecule has 1 N–H and O–H groups in total. The summed E-state index contributed by atoms with van der Waals surface area (Å²) >= 11 is 1.73. The average molecular weight is 528 g/mol. The van der Waals surface area contributed by atoms with Crippen LogP contribution in [0.4, 0.5) is 5.82 Å². The smallest absolute Gasteiger partial charge is 0.211 e. The van der Waals surface area contributed by atoms with Gasteiger partial charge in [0.1, 0.15) is 0 Å². The van der Waals surface area contributed by atoms with Gasteiger partial charge in [0, 0.05) is 61.1 Å². The maximum atomic E-state index is 12.1. The Balaban J connectivity index is 1.36. The molecule has 12 heteroatoms. The Hall–Kier alpha value is -2.64. The molecule has 0 bridgehead atoms. The first-order valence-electron chi connectivity index (χ1n) is 12.1. The van der Waals surface area contributed by atoms with Gasteiger partial charge in [-0.3, -0.25) is 10.00 Å². The molecule has 0 spiro atoms. The van der Waals surface area contributed by atoms with Crippen LogP contribution < -0.4 is 4.90 Å². The summed E-state index contributed by atoms with van der Waals surface area (Å²) in [6.07, 6.45) is 3.11. The van der Waals surface area contributed by atoms with Gasteiger partial charge in [-0.05, 0) is 19.1 Å². The third-order valence-corrected chi connectivity index (χ3v) is 9.40. The molecule has 0 aliphatic carbocycles. The van der Waals surface area contributed by atoms with E-state index in [0.29, 0.717) is 38.7 Å². The van der Waals surface area contributed by atoms with Crippen LogP contribution in [0.1, 0.15) is 11.8 Å². The van der Waals surface area contributed by atoms with Gasteiger partial charge in [-0.1, -0.05) is 12.1 Å². The minimum absolute atomic E-state index is 0.0473. The average Bonchev–Trinajstić information content (AvgIpc) is 3.49. The highest BCUT2D eigenvalue weighted by molar-refractivity contribution is 7.88. The van der Waals surface area contributed by atoms with Crippen LogP contribution in [0.25, 0.3) is 32.5 Å². The van der Waals surface area contributed by atoms with Crippen LogP contribution in [-0.4, -0.2) is 96.0 Å². The number of fused-ring (bicyclic) bond motifs is 2. The van der Waals surface area contributed by atoms with Crippen LogP contribution in [0.3, 0.4) is 0 Å². The maximum Gasteiger partial charge on any atom is 0.211 e. The van der Waals surface area contributed by atoms with E-state index < -0.39 is 10.0 Å². The highest BCUT2D eigenvalue weighted by Gasteiger charge is 2.30. The van der Waals surface area contributed by atoms with E-state index in [1.807, 2.05) is 31.3 Å². The fourth-order valence-electron chi connectivity index (χ4n) is 5.19. The number of sulfonamides is 1. The van der Waals surface area contributed by atoms with Gasteiger partial charge in [0.2, 0.25) is 10.0 Å². The van der Waals surface area contributed by atoms with Crippen LogP contribution in [0.15, 0.2) is 30.5 Å². The number of nitrogens with one attached hydrogen (secondary N) is 1. The zero-order chi connectivity index (χ0) is 24.9. The van der Waals surface area contributed by atoms with Crippen molar-refractivity contribution in [3.8, 4) is 11.4 Å². The molecule has 1 aromatic carbocycles. The molecular weight excluding hydrogens is 498 g/mol. The minimum Gasteiger partial charge on any atom is -0.378 e. The number of H-pyrrole nitrogens is 1. The number of thiophene rings is 1. The van der Waals surface area contributed by atoms with Crippen LogP contribution in [0.2, 0.25) is 0 Å². The van der Waals surface area contributed by atoms with E-state index in [1.54, 1.807) is 15.6 Å². The molecule has 0 radical (unpaired) electrons. The number of aromatic nitrogens is 4. The second kappa shape index (κ2) is 9.34. The molecule has 3 aromatic heterocycles. The fourth-order valence-corrected chi connectivity index (χ4v) is 7.48. The molecule has 6 rings (SSSR count). The summed E-state index contributed by atoms with van der Waals surface area (Å²) < 4.78 is 32.4. The van der Waals surface area contributed by atoms with Gasteiger partial charge in [0.25, 0.3) is 0 Å². The van der Waals surface area contributed by atoms with Crippen molar-refractivity contribution in [2.24, 2.45) is 0 Å². The first-order chi connectivity index (χ1) is 17.4. The van der Waals surface area contributed by atoms with Crippen LogP contribution >= 0.6 is 11.3 Å². The molecule has 36 heavy (non-hydrogen) atoms. The molecular formula is C24H29N7O3S2. The highest BCUT2D eigenvalue weighted by Crippen LogP contribution is 2.36. The molecule has 1 atom stereocenters. The first kappa shape index (κ1) is 23.7. The lowest BCUT2D eigenvalue weighted by molar-refractivity contribution is 0.122. The van der Waals surface area contributed by atoms with E-state index in [1.165, 1.54) is 11.1 Å². The number of nitrogens with zero attached hydrogens (tertiary/aromatic N) is 6. The van der Waals surface area contributed by atoms with Gasteiger partial charge in [-0.25, -0.2) is 18.4 Å². The topological polar surface area (TPSA) is 108 Å². The van der Waals surface area contributed by atoms with Crippen molar-refractivity contribution in [2.75, 3.05) is 57.1 Å². The number of morpholine rings is 1. The number of piperazine rings is 1. The van der Waals surface area contributed by atoms with E-state index in [-0.39, 0.29) is 6.04 Å². The molecule has 2 saturated heterocycles. The van der Waals surface area contributed by atoms with E-state index in [0.717, 1.165) is 52.1 Å². The van der Waals surface area contributed by atoms with Gasteiger partial charge in [0.15, 0.2) is 11.6 Å². The third-order valence-electron chi connectivity index (χ3n) is 6.90. The van der Waals surface area contributed by atoms with Gasteiger partial charge in [-0.2, -0.15) is 9.40 Å². The number of rotatable bonds is 5. The lowest BCUT2D eigenvalue weighted by atomic mass is 10.1. The van der Waals surface area contributed by atoms with E-state index in [2.05, 4.69) is 26.1 Å². The Morgan fingerprint density at radius 1 is 1.17 bits per heavy atom. The summed E-state index contributed by atoms with van der Waals surface area (Å²) in [5.41, 5.74) is 2.85. The van der Waals surface area contributed by atoms with E-state index >= 15 is 0 Å². The van der Waals surface area contributed by atoms with E-state index in [4.69, 9.17) is 14.7 Å². The molecule has 4 aromatic rings. The molecule has 0 saturated carbocycles. The Labute approximate surface area is 213 Å². The van der Waals surface area contributed by atoms with Crippen molar-refractivity contribution >= 4 is 48.3 Å². The molecule has 2 aliphatic rings. The Morgan fingerprint density at radius 3 is 2.78 bits per heavy atom. The Kier molecular flexibility index (Phi) is 6.16. The molecule has 0 unspecified atom stereocenters. The van der Waals surface area contributed by atoms with Crippen molar-refractivity contribution < 1.29 is 13.2 Å². The minimum atomic E-state index is -3.18. The molecule has 0 amide bonds. The molecule has 10 nitrogen and oxygen atoms in total. The highest BCUT2D eigenvalue weighted by atomic mass is 32.2. The number of ether oxygens (including phenoxy) is 1. The zero-order valence-electron chi connectivity index (χ0n) is 20.3. The Morgan fingerprint density at radius 2 is 2.00 bits per heavy atom. The second-order valence-electron chi connectivity index (χ2n) is 9.49. The fraction of sp³-hybridized carbons (Fsp3) is 0.458. The predicted octanol–water partition coefficient (Wildman–Crippen LogP) is 2.54. The number of benzene rings is 1. The van der Waals surface area contributed by atoms with Crippen molar-refractivity contribution in [1.82, 2.24) is 29.4 Å². The van der Waals surface area contributed by atoms with E-state index in [9.17, 15) is 8.42 Å². The summed E-state index contributed by atoms with van der Waals surface area (Å²) in [5.74, 6) is 1.64. The van der Waals surface area contributed by atoms with Gasteiger partial charge >= 0.3 is 0 Å². The monoisotopic (exact) mass is 527 g/mol. The first-order valence-corrected chi connectivity index (χ1v) is 14.8. The van der Waals surface area contributed by atoms with Crippen molar-refractivity contribution in [2.45, 2.75) is 19.5 Å². The van der Waals surface area contributed by atoms with Crippen molar-refractivity contribution in [3.63, 3.8) is 0 Å². The molecule has 2 aliphatic heterocycles. The summed E-state index contributed by atoms with van der Waals surface area (Å²) in [5, 5.41) is 8.24. The van der Waals surface area contributed by atoms with Crippen LogP contribution in [0.5, 0.6) is 0 Å². The number of anilines is 1. The number of hydrogen-bond acceptors (Lipinski definition) is 9. The summed E-state index contributed by atoms with van der Waals surface area (Å²) in [7, 11) is -3.18. The lowest BCUT2D eigenvalue weighted by Gasteiger charge is -2.38. The summed E-state index contributed by atoms with van der Waals surface area (Å²) in [4.78, 5) is 15.9. The normalized spacial score (nSPS) is 20.5. The Bertz CT molecular complexity index is 1510. The summed E-state index contributed by atoms with van der Waals surface area (Å²) in [6.45, 7) is 7.61. The van der Waals surface area contributed by atoms with Crippen LogP contribution in [-0.2, 0) is 21.3 Å². The number of aromatic amines is 1. The predicted molar refractivity (Wildman–Crippen MR) is 142 cm³/mol. The zero-order valence-corrected chi connectivity index (χ0v) is 22.0. The van der Waals surface area contributed by atoms with Gasteiger partial charge in [0.05, 0.1) is 41.4 Å².